The largest absolute Gasteiger partial charge is 0.493 e. The maximum atomic E-state index is 12.6. The van der Waals surface area contributed by atoms with Crippen LogP contribution in [0, 0.1) is 6.92 Å². The number of anilines is 1. The van der Waals surface area contributed by atoms with Crippen LogP contribution in [0.3, 0.4) is 0 Å². The lowest BCUT2D eigenvalue weighted by Gasteiger charge is -2.29. The Balaban J connectivity index is 1.58. The molecule has 5 nitrogen and oxygen atoms in total. The smallest absolute Gasteiger partial charge is 0.224 e. The number of methoxy groups -OCH3 is 2. The molecule has 1 aliphatic heterocycles. The molecular weight excluding hydrogens is 364 g/mol. The van der Waals surface area contributed by atoms with Crippen LogP contribution in [-0.2, 0) is 17.8 Å². The lowest BCUT2D eigenvalue weighted by molar-refractivity contribution is -0.131. The zero-order chi connectivity index (χ0) is 19.4. The molecule has 2 aromatic carbocycles. The molecule has 144 valence electrons. The van der Waals surface area contributed by atoms with Crippen molar-refractivity contribution >= 4 is 23.2 Å². The summed E-state index contributed by atoms with van der Waals surface area (Å²) in [7, 11) is 3.26. The fourth-order valence-electron chi connectivity index (χ4n) is 3.27. The average Bonchev–Trinajstić information content (AvgIpc) is 2.68. The zero-order valence-electron chi connectivity index (χ0n) is 16.0. The number of nitrogens with one attached hydrogen (secondary N) is 1. The monoisotopic (exact) mass is 388 g/mol. The summed E-state index contributed by atoms with van der Waals surface area (Å²) in [4.78, 5) is 14.5. The van der Waals surface area contributed by atoms with Gasteiger partial charge in [0, 0.05) is 36.8 Å². The summed E-state index contributed by atoms with van der Waals surface area (Å²) < 4.78 is 10.7. The summed E-state index contributed by atoms with van der Waals surface area (Å²) in [6.07, 6.45) is 1.26. The molecule has 27 heavy (non-hydrogen) atoms. The van der Waals surface area contributed by atoms with E-state index in [4.69, 9.17) is 21.1 Å². The highest BCUT2D eigenvalue weighted by Gasteiger charge is 2.22. The molecule has 0 aromatic heterocycles. The summed E-state index contributed by atoms with van der Waals surface area (Å²) in [5, 5.41) is 3.99. The summed E-state index contributed by atoms with van der Waals surface area (Å²) in [5.41, 5.74) is 4.30. The summed E-state index contributed by atoms with van der Waals surface area (Å²) in [6, 6.07) is 9.81. The first kappa shape index (κ1) is 19.4. The van der Waals surface area contributed by atoms with E-state index >= 15 is 0 Å². The van der Waals surface area contributed by atoms with E-state index in [2.05, 4.69) is 5.32 Å². The Morgan fingerprint density at radius 1 is 1.15 bits per heavy atom. The van der Waals surface area contributed by atoms with Gasteiger partial charge in [-0.3, -0.25) is 4.79 Å². The van der Waals surface area contributed by atoms with Crippen molar-refractivity contribution in [2.24, 2.45) is 0 Å². The van der Waals surface area contributed by atoms with E-state index in [1.807, 2.05) is 42.2 Å². The molecule has 0 saturated carbocycles. The van der Waals surface area contributed by atoms with Crippen LogP contribution in [0.15, 0.2) is 30.3 Å². The minimum Gasteiger partial charge on any atom is -0.493 e. The predicted octanol–water partition coefficient (Wildman–Crippen LogP) is 4.05. The predicted molar refractivity (Wildman–Crippen MR) is 108 cm³/mol. The molecule has 1 N–H and O–H groups in total. The molecule has 0 unspecified atom stereocenters. The number of carbonyl (C=O) groups is 1. The van der Waals surface area contributed by atoms with Gasteiger partial charge in [-0.2, -0.15) is 0 Å². The van der Waals surface area contributed by atoms with Gasteiger partial charge in [-0.25, -0.2) is 0 Å². The zero-order valence-corrected chi connectivity index (χ0v) is 16.7. The number of halogens is 1. The van der Waals surface area contributed by atoms with E-state index in [1.165, 1.54) is 5.56 Å². The van der Waals surface area contributed by atoms with E-state index in [0.717, 1.165) is 40.6 Å². The van der Waals surface area contributed by atoms with Crippen LogP contribution >= 0.6 is 11.6 Å². The number of carbonyl (C=O) groups excluding carboxylic acids is 1. The molecule has 1 aliphatic rings. The summed E-state index contributed by atoms with van der Waals surface area (Å²) >= 11 is 6.14. The fraction of sp³-hybridized carbons (Fsp3) is 0.381. The van der Waals surface area contributed by atoms with Crippen molar-refractivity contribution in [3.63, 3.8) is 0 Å². The molecule has 1 heterocycles. The normalized spacial score (nSPS) is 13.1. The second-order valence-corrected chi connectivity index (χ2v) is 7.09. The molecular formula is C21H25ClN2O3. The van der Waals surface area contributed by atoms with Gasteiger partial charge in [0.1, 0.15) is 0 Å². The number of hydrogen-bond acceptors (Lipinski definition) is 4. The Bertz CT molecular complexity index is 838. The van der Waals surface area contributed by atoms with Crippen LogP contribution < -0.4 is 14.8 Å². The van der Waals surface area contributed by atoms with Crippen molar-refractivity contribution in [1.82, 2.24) is 4.90 Å². The average molecular weight is 389 g/mol. The van der Waals surface area contributed by atoms with E-state index < -0.39 is 0 Å². The molecule has 0 saturated heterocycles. The number of rotatable bonds is 6. The van der Waals surface area contributed by atoms with E-state index in [0.29, 0.717) is 25.3 Å². The Hall–Kier alpha value is -2.40. The molecule has 3 rings (SSSR count). The molecule has 0 fully saturated rings. The Morgan fingerprint density at radius 3 is 2.52 bits per heavy atom. The van der Waals surface area contributed by atoms with Crippen molar-refractivity contribution in [3.05, 3.63) is 52.0 Å². The Kier molecular flexibility index (Phi) is 6.11. The Morgan fingerprint density at radius 2 is 1.85 bits per heavy atom. The number of benzene rings is 2. The van der Waals surface area contributed by atoms with Gasteiger partial charge in [0.2, 0.25) is 5.91 Å². The SMILES string of the molecule is COc1cc2c(cc1OC)CN(C(=O)CCNc1ccc(C)c(Cl)c1)CC2. The molecule has 0 bridgehead atoms. The number of aryl methyl sites for hydroxylation is 1. The summed E-state index contributed by atoms with van der Waals surface area (Å²) in [5.74, 6) is 1.57. The number of amides is 1. The van der Waals surface area contributed by atoms with Crippen molar-refractivity contribution in [3.8, 4) is 11.5 Å². The van der Waals surface area contributed by atoms with Crippen LogP contribution in [0.5, 0.6) is 11.5 Å². The van der Waals surface area contributed by atoms with E-state index in [-0.39, 0.29) is 5.91 Å². The molecule has 0 radical (unpaired) electrons. The first-order chi connectivity index (χ1) is 13.0. The Labute approximate surface area is 165 Å². The molecule has 6 heteroatoms. The van der Waals surface area contributed by atoms with Gasteiger partial charge >= 0.3 is 0 Å². The van der Waals surface area contributed by atoms with Gasteiger partial charge < -0.3 is 19.7 Å². The number of hydrogen-bond donors (Lipinski definition) is 1. The fourth-order valence-corrected chi connectivity index (χ4v) is 3.45. The van der Waals surface area contributed by atoms with Crippen LogP contribution in [0.4, 0.5) is 5.69 Å². The van der Waals surface area contributed by atoms with E-state index in [9.17, 15) is 4.79 Å². The molecule has 0 aliphatic carbocycles. The molecule has 0 spiro atoms. The van der Waals surface area contributed by atoms with Gasteiger partial charge in [0.05, 0.1) is 14.2 Å². The first-order valence-electron chi connectivity index (χ1n) is 9.03. The number of nitrogens with zero attached hydrogens (tertiary/aromatic N) is 1. The number of ether oxygens (including phenoxy) is 2. The second kappa shape index (κ2) is 8.53. The van der Waals surface area contributed by atoms with Gasteiger partial charge in [-0.15, -0.1) is 0 Å². The highest BCUT2D eigenvalue weighted by Crippen LogP contribution is 2.33. The number of fused-ring (bicyclic) bond motifs is 1. The van der Waals surface area contributed by atoms with Crippen molar-refractivity contribution in [1.29, 1.82) is 0 Å². The van der Waals surface area contributed by atoms with E-state index in [1.54, 1.807) is 14.2 Å². The topological polar surface area (TPSA) is 50.8 Å². The molecule has 1 amide bonds. The molecule has 2 aromatic rings. The third kappa shape index (κ3) is 4.48. The second-order valence-electron chi connectivity index (χ2n) is 6.68. The van der Waals surface area contributed by atoms with Gasteiger partial charge in [-0.1, -0.05) is 17.7 Å². The minimum atomic E-state index is 0.140. The highest BCUT2D eigenvalue weighted by molar-refractivity contribution is 6.31. The van der Waals surface area contributed by atoms with Gasteiger partial charge in [0.15, 0.2) is 11.5 Å². The highest BCUT2D eigenvalue weighted by atomic mass is 35.5. The standard InChI is InChI=1S/C21H25ClN2O3/c1-14-4-5-17(12-18(14)22)23-8-6-21(25)24-9-7-15-10-19(26-2)20(27-3)11-16(15)13-24/h4-5,10-12,23H,6-9,13H2,1-3H3. The quantitative estimate of drug-likeness (QED) is 0.811. The maximum Gasteiger partial charge on any atom is 0.224 e. The van der Waals surface area contributed by atoms with Crippen LogP contribution in [0.2, 0.25) is 5.02 Å². The van der Waals surface area contributed by atoms with Crippen LogP contribution in [-0.4, -0.2) is 38.1 Å². The third-order valence-corrected chi connectivity index (χ3v) is 5.32. The van der Waals surface area contributed by atoms with Crippen molar-refractivity contribution < 1.29 is 14.3 Å². The minimum absolute atomic E-state index is 0.140. The molecule has 0 atom stereocenters. The van der Waals surface area contributed by atoms with Crippen LogP contribution in [0.1, 0.15) is 23.1 Å². The lowest BCUT2D eigenvalue weighted by atomic mass is 9.98. The lowest BCUT2D eigenvalue weighted by Crippen LogP contribution is -2.36. The van der Waals surface area contributed by atoms with Gasteiger partial charge in [-0.05, 0) is 54.3 Å². The van der Waals surface area contributed by atoms with Gasteiger partial charge in [0.25, 0.3) is 0 Å². The first-order valence-corrected chi connectivity index (χ1v) is 9.41. The third-order valence-electron chi connectivity index (χ3n) is 4.91. The van der Waals surface area contributed by atoms with Crippen molar-refractivity contribution in [2.75, 3.05) is 32.6 Å². The summed E-state index contributed by atoms with van der Waals surface area (Å²) in [6.45, 7) is 3.87. The van der Waals surface area contributed by atoms with Crippen molar-refractivity contribution in [2.45, 2.75) is 26.3 Å². The van der Waals surface area contributed by atoms with Crippen LogP contribution in [0.25, 0.3) is 0 Å². The maximum absolute atomic E-state index is 12.6.